The summed E-state index contributed by atoms with van der Waals surface area (Å²) in [5.74, 6) is 0. The molecule has 0 atom stereocenters. The lowest BCUT2D eigenvalue weighted by molar-refractivity contribution is 0.147. The van der Waals surface area contributed by atoms with Crippen LogP contribution in [0.2, 0.25) is 0 Å². The maximum absolute atomic E-state index is 11.5. The molecule has 0 saturated carbocycles. The Bertz CT molecular complexity index is 378. The number of rotatable bonds is 12. The van der Waals surface area contributed by atoms with E-state index in [9.17, 15) is 4.79 Å². The molecule has 123 valence electrons. The van der Waals surface area contributed by atoms with Crippen LogP contribution in [0.4, 0.5) is 10.5 Å². The lowest BCUT2D eigenvalue weighted by Crippen LogP contribution is -2.13. The largest absolute Gasteiger partial charge is 0.448 e. The van der Waals surface area contributed by atoms with Gasteiger partial charge in [0.05, 0.1) is 12.3 Å². The van der Waals surface area contributed by atoms with Gasteiger partial charge in [0.1, 0.15) is 0 Å². The van der Waals surface area contributed by atoms with Gasteiger partial charge in [-0.05, 0) is 18.6 Å². The quantitative estimate of drug-likeness (QED) is 0.446. The third-order valence-corrected chi connectivity index (χ3v) is 3.70. The van der Waals surface area contributed by atoms with Crippen molar-refractivity contribution in [2.24, 2.45) is 0 Å². The molecular formula is C19H30NO2. The van der Waals surface area contributed by atoms with Crippen molar-refractivity contribution in [2.45, 2.75) is 71.1 Å². The van der Waals surface area contributed by atoms with Crippen LogP contribution in [-0.2, 0) is 4.74 Å². The van der Waals surface area contributed by atoms with Crippen molar-refractivity contribution in [3.05, 3.63) is 30.3 Å². The lowest BCUT2D eigenvalue weighted by atomic mass is 10.1. The molecule has 1 aromatic carbocycles. The van der Waals surface area contributed by atoms with E-state index in [-0.39, 0.29) is 0 Å². The number of carbonyl (C=O) groups is 1. The fourth-order valence-electron chi connectivity index (χ4n) is 2.39. The van der Waals surface area contributed by atoms with E-state index in [0.717, 1.165) is 12.8 Å². The number of ether oxygens (including phenoxy) is 1. The van der Waals surface area contributed by atoms with Gasteiger partial charge in [-0.1, -0.05) is 82.9 Å². The molecule has 1 rings (SSSR count). The number of hydrogen-bond acceptors (Lipinski definition) is 2. The van der Waals surface area contributed by atoms with Crippen LogP contribution in [0.3, 0.4) is 0 Å². The van der Waals surface area contributed by atoms with Gasteiger partial charge >= 0.3 is 6.09 Å². The molecule has 0 aliphatic heterocycles. The number of amides is 1. The van der Waals surface area contributed by atoms with E-state index in [4.69, 9.17) is 4.74 Å². The molecule has 0 aromatic heterocycles. The first-order chi connectivity index (χ1) is 10.8. The molecule has 1 amide bonds. The second-order valence-corrected chi connectivity index (χ2v) is 5.74. The van der Waals surface area contributed by atoms with Crippen molar-refractivity contribution in [3.63, 3.8) is 0 Å². The number of para-hydroxylation sites is 1. The number of hydrogen-bond donors (Lipinski definition) is 0. The van der Waals surface area contributed by atoms with E-state index in [2.05, 4.69) is 12.2 Å². The minimum Gasteiger partial charge on any atom is -0.448 e. The first-order valence-corrected chi connectivity index (χ1v) is 8.76. The Morgan fingerprint density at radius 1 is 0.864 bits per heavy atom. The highest BCUT2D eigenvalue weighted by Crippen LogP contribution is 2.11. The van der Waals surface area contributed by atoms with E-state index in [1.54, 1.807) is 12.1 Å². The third kappa shape index (κ3) is 10.3. The zero-order valence-electron chi connectivity index (χ0n) is 13.9. The molecule has 0 bridgehead atoms. The monoisotopic (exact) mass is 304 g/mol. The lowest BCUT2D eigenvalue weighted by Gasteiger charge is -2.05. The summed E-state index contributed by atoms with van der Waals surface area (Å²) >= 11 is 0. The second-order valence-electron chi connectivity index (χ2n) is 5.74. The standard InChI is InChI=1S/C19H30NO2/c1-2-3-4-5-6-7-8-9-10-14-17-22-19(21)20-18-15-12-11-13-16-18/h11-13,15-16H,2-10,14,17H2,1H3. The maximum Gasteiger partial charge on any atom is 0.434 e. The summed E-state index contributed by atoms with van der Waals surface area (Å²) in [5.41, 5.74) is 0.649. The number of carbonyl (C=O) groups excluding carboxylic acids is 1. The van der Waals surface area contributed by atoms with Gasteiger partial charge in [0, 0.05) is 0 Å². The van der Waals surface area contributed by atoms with Crippen molar-refractivity contribution in [1.29, 1.82) is 0 Å². The van der Waals surface area contributed by atoms with Gasteiger partial charge in [0.2, 0.25) is 0 Å². The number of nitrogens with zero attached hydrogens (tertiary/aromatic N) is 1. The van der Waals surface area contributed by atoms with E-state index >= 15 is 0 Å². The van der Waals surface area contributed by atoms with Crippen LogP contribution in [0.25, 0.3) is 0 Å². The fraction of sp³-hybridized carbons (Fsp3) is 0.632. The molecule has 0 spiro atoms. The highest BCUT2D eigenvalue weighted by molar-refractivity contribution is 5.73. The molecule has 1 radical (unpaired) electrons. The van der Waals surface area contributed by atoms with Crippen LogP contribution >= 0.6 is 0 Å². The molecule has 3 heteroatoms. The first kappa shape index (κ1) is 18.5. The maximum atomic E-state index is 11.5. The van der Waals surface area contributed by atoms with Crippen LogP contribution in [0.1, 0.15) is 71.1 Å². The highest BCUT2D eigenvalue weighted by Gasteiger charge is 2.04. The molecule has 0 aliphatic rings. The van der Waals surface area contributed by atoms with Crippen molar-refractivity contribution < 1.29 is 9.53 Å². The summed E-state index contributed by atoms with van der Waals surface area (Å²) < 4.78 is 5.11. The summed E-state index contributed by atoms with van der Waals surface area (Å²) in [6.07, 6.45) is 12.3. The van der Waals surface area contributed by atoms with Crippen molar-refractivity contribution in [2.75, 3.05) is 6.61 Å². The van der Waals surface area contributed by atoms with Crippen LogP contribution in [0, 0.1) is 0 Å². The topological polar surface area (TPSA) is 40.4 Å². The number of unbranched alkanes of at least 4 members (excludes halogenated alkanes) is 9. The molecule has 0 N–H and O–H groups in total. The first-order valence-electron chi connectivity index (χ1n) is 8.76. The minimum atomic E-state index is -0.484. The molecule has 1 aromatic rings. The number of benzene rings is 1. The van der Waals surface area contributed by atoms with Gasteiger partial charge in [0.25, 0.3) is 0 Å². The summed E-state index contributed by atoms with van der Waals surface area (Å²) in [6, 6.07) is 9.19. The van der Waals surface area contributed by atoms with Crippen molar-refractivity contribution in [1.82, 2.24) is 5.32 Å². The zero-order valence-corrected chi connectivity index (χ0v) is 13.9. The predicted molar refractivity (Wildman–Crippen MR) is 91.4 cm³/mol. The third-order valence-electron chi connectivity index (χ3n) is 3.70. The predicted octanol–water partition coefficient (Wildman–Crippen LogP) is 5.98. The van der Waals surface area contributed by atoms with Crippen LogP contribution < -0.4 is 5.32 Å². The molecule has 0 unspecified atom stereocenters. The van der Waals surface area contributed by atoms with E-state index in [1.807, 2.05) is 18.2 Å². The summed E-state index contributed by atoms with van der Waals surface area (Å²) in [5, 5.41) is 3.88. The van der Waals surface area contributed by atoms with Crippen LogP contribution in [-0.4, -0.2) is 12.7 Å². The Morgan fingerprint density at radius 3 is 2.00 bits per heavy atom. The van der Waals surface area contributed by atoms with Gasteiger partial charge in [-0.3, -0.25) is 0 Å². The normalized spacial score (nSPS) is 10.4. The molecular weight excluding hydrogens is 274 g/mol. The second kappa shape index (κ2) is 13.2. The van der Waals surface area contributed by atoms with Gasteiger partial charge in [0.15, 0.2) is 0 Å². The average Bonchev–Trinajstić information content (AvgIpc) is 2.53. The van der Waals surface area contributed by atoms with Crippen molar-refractivity contribution in [3.8, 4) is 0 Å². The minimum absolute atomic E-state index is 0.478. The highest BCUT2D eigenvalue weighted by atomic mass is 16.5. The molecule has 0 heterocycles. The van der Waals surface area contributed by atoms with Gasteiger partial charge < -0.3 is 4.74 Å². The smallest absolute Gasteiger partial charge is 0.434 e. The van der Waals surface area contributed by atoms with Crippen LogP contribution in [0.5, 0.6) is 0 Å². The Kier molecular flexibility index (Phi) is 11.1. The van der Waals surface area contributed by atoms with E-state index in [1.165, 1.54) is 51.4 Å². The Morgan fingerprint density at radius 2 is 1.41 bits per heavy atom. The van der Waals surface area contributed by atoms with E-state index < -0.39 is 6.09 Å². The Hall–Kier alpha value is -1.51. The summed E-state index contributed by atoms with van der Waals surface area (Å²) in [7, 11) is 0. The molecule has 0 fully saturated rings. The Labute approximate surface area is 135 Å². The molecule has 3 nitrogen and oxygen atoms in total. The van der Waals surface area contributed by atoms with Gasteiger partial charge in [-0.2, -0.15) is 5.32 Å². The van der Waals surface area contributed by atoms with Crippen LogP contribution in [0.15, 0.2) is 30.3 Å². The average molecular weight is 304 g/mol. The molecule has 0 saturated heterocycles. The van der Waals surface area contributed by atoms with Gasteiger partial charge in [-0.15, -0.1) is 0 Å². The van der Waals surface area contributed by atoms with Gasteiger partial charge in [-0.25, -0.2) is 4.79 Å². The molecule has 0 aliphatic carbocycles. The Balaban J connectivity index is 1.86. The van der Waals surface area contributed by atoms with Crippen molar-refractivity contribution >= 4 is 11.8 Å². The summed E-state index contributed by atoms with van der Waals surface area (Å²) in [4.78, 5) is 11.5. The fourth-order valence-corrected chi connectivity index (χ4v) is 2.39. The summed E-state index contributed by atoms with van der Waals surface area (Å²) in [6.45, 7) is 2.73. The SMILES string of the molecule is CCCCCCCCCCCCOC(=O)[N]c1ccccc1. The molecule has 22 heavy (non-hydrogen) atoms. The zero-order chi connectivity index (χ0) is 15.9. The van der Waals surface area contributed by atoms with E-state index in [0.29, 0.717) is 12.3 Å².